The van der Waals surface area contributed by atoms with Crippen LogP contribution < -0.4 is 4.74 Å². The average molecular weight is 452 g/mol. The van der Waals surface area contributed by atoms with Crippen molar-refractivity contribution in [1.29, 1.82) is 0 Å². The van der Waals surface area contributed by atoms with E-state index in [0.717, 1.165) is 40.3 Å². The Bertz CT molecular complexity index is 1280. The average Bonchev–Trinajstić information content (AvgIpc) is 3.29. The lowest BCUT2D eigenvalue weighted by Crippen LogP contribution is -2.12. The van der Waals surface area contributed by atoms with Crippen LogP contribution in [0.25, 0.3) is 16.8 Å². The Kier molecular flexibility index (Phi) is 6.49. The van der Waals surface area contributed by atoms with Crippen molar-refractivity contribution >= 4 is 5.65 Å². The molecular weight excluding hydrogens is 421 g/mol. The van der Waals surface area contributed by atoms with Crippen molar-refractivity contribution in [2.75, 3.05) is 20.7 Å². The number of hydrogen-bond acceptors (Lipinski definition) is 5. The molecule has 0 amide bonds. The molecule has 7 nitrogen and oxygen atoms in total. The van der Waals surface area contributed by atoms with Crippen molar-refractivity contribution in [3.05, 3.63) is 71.2 Å². The van der Waals surface area contributed by atoms with Gasteiger partial charge in [0.05, 0.1) is 30.3 Å². The highest BCUT2D eigenvalue weighted by molar-refractivity contribution is 5.71. The molecule has 4 aromatic rings. The van der Waals surface area contributed by atoms with Crippen molar-refractivity contribution in [3.63, 3.8) is 0 Å². The molecule has 33 heavy (non-hydrogen) atoms. The molecule has 1 unspecified atom stereocenters. The Morgan fingerprint density at radius 3 is 2.73 bits per heavy atom. The summed E-state index contributed by atoms with van der Waals surface area (Å²) in [4.78, 5) is 6.56. The smallest absolute Gasteiger partial charge is 0.136 e. The zero-order chi connectivity index (χ0) is 23.7. The molecule has 3 aromatic heterocycles. The number of aliphatic hydroxyl groups is 1. The number of rotatable bonds is 8. The number of aromatic nitrogens is 4. The monoisotopic (exact) mass is 451 g/mol. The molecule has 0 aliphatic rings. The molecule has 0 fully saturated rings. The van der Waals surface area contributed by atoms with Crippen molar-refractivity contribution in [1.82, 2.24) is 24.1 Å². The summed E-state index contributed by atoms with van der Waals surface area (Å²) in [5, 5.41) is 14.5. The fraction of sp³-hybridized carbons (Fsp3) is 0.360. The van der Waals surface area contributed by atoms with Crippen LogP contribution in [0.2, 0.25) is 0 Å². The Hall–Kier alpha value is -3.23. The normalized spacial score (nSPS) is 12.6. The van der Waals surface area contributed by atoms with Gasteiger partial charge in [-0.1, -0.05) is 0 Å². The van der Waals surface area contributed by atoms with E-state index in [4.69, 9.17) is 4.74 Å². The SMILES string of the molecule is Cc1c(CCOc2cc(F)ccc2-c2ccc3ncc(CN(C)C)n3c2)c(C(C)O)nn1C. The Morgan fingerprint density at radius 1 is 1.21 bits per heavy atom. The summed E-state index contributed by atoms with van der Waals surface area (Å²) in [6.07, 6.45) is 3.78. The topological polar surface area (TPSA) is 67.8 Å². The van der Waals surface area contributed by atoms with Crippen LogP contribution in [-0.4, -0.2) is 49.9 Å². The van der Waals surface area contributed by atoms with E-state index >= 15 is 0 Å². The number of aliphatic hydroxyl groups excluding tert-OH is 1. The molecule has 1 aromatic carbocycles. The fourth-order valence-electron chi connectivity index (χ4n) is 4.07. The van der Waals surface area contributed by atoms with Gasteiger partial charge in [0.1, 0.15) is 17.2 Å². The van der Waals surface area contributed by atoms with Crippen LogP contribution in [0.4, 0.5) is 4.39 Å². The number of hydrogen-bond donors (Lipinski definition) is 1. The van der Waals surface area contributed by atoms with E-state index in [2.05, 4.69) is 19.4 Å². The number of halogens is 1. The predicted molar refractivity (Wildman–Crippen MR) is 126 cm³/mol. The number of pyridine rings is 1. The van der Waals surface area contributed by atoms with E-state index in [-0.39, 0.29) is 5.82 Å². The van der Waals surface area contributed by atoms with Crippen molar-refractivity contribution < 1.29 is 14.2 Å². The first kappa shape index (κ1) is 22.9. The second kappa shape index (κ2) is 9.33. The first-order valence-electron chi connectivity index (χ1n) is 11.0. The van der Waals surface area contributed by atoms with Crippen molar-refractivity contribution in [2.45, 2.75) is 32.9 Å². The lowest BCUT2D eigenvalue weighted by molar-refractivity contribution is 0.192. The summed E-state index contributed by atoms with van der Waals surface area (Å²) in [6.45, 7) is 4.76. The minimum absolute atomic E-state index is 0.335. The van der Waals surface area contributed by atoms with Gasteiger partial charge in [-0.3, -0.25) is 4.68 Å². The molecule has 0 saturated heterocycles. The van der Waals surface area contributed by atoms with Crippen LogP contribution in [0.3, 0.4) is 0 Å². The molecule has 0 saturated carbocycles. The van der Waals surface area contributed by atoms with Gasteiger partial charge in [0.2, 0.25) is 0 Å². The maximum Gasteiger partial charge on any atom is 0.136 e. The third kappa shape index (κ3) is 4.77. The number of ether oxygens (including phenoxy) is 1. The molecule has 8 heteroatoms. The van der Waals surface area contributed by atoms with Gasteiger partial charge in [0.15, 0.2) is 0 Å². The summed E-state index contributed by atoms with van der Waals surface area (Å²) < 4.78 is 24.0. The maximum absolute atomic E-state index is 14.1. The third-order valence-corrected chi connectivity index (χ3v) is 5.81. The first-order valence-corrected chi connectivity index (χ1v) is 11.0. The first-order chi connectivity index (χ1) is 15.7. The highest BCUT2D eigenvalue weighted by Gasteiger charge is 2.17. The zero-order valence-corrected chi connectivity index (χ0v) is 19.7. The standard InChI is InChI=1S/C25H30FN5O2/c1-16-21(25(17(2)32)28-30(16)5)10-11-33-23-12-19(26)7-8-22(23)18-6-9-24-27-13-20(15-29(3)4)31(24)14-18/h6-9,12-14,17,32H,10-11,15H2,1-5H3. The van der Waals surface area contributed by atoms with Gasteiger partial charge >= 0.3 is 0 Å². The molecule has 174 valence electrons. The Balaban J connectivity index is 1.61. The number of nitrogens with zero attached hydrogens (tertiary/aromatic N) is 5. The number of imidazole rings is 1. The molecule has 1 N–H and O–H groups in total. The van der Waals surface area contributed by atoms with E-state index < -0.39 is 6.10 Å². The van der Waals surface area contributed by atoms with Crippen molar-refractivity contribution in [3.8, 4) is 16.9 Å². The van der Waals surface area contributed by atoms with E-state index in [1.165, 1.54) is 12.1 Å². The number of aryl methyl sites for hydroxylation is 1. The lowest BCUT2D eigenvalue weighted by atomic mass is 10.1. The molecule has 3 heterocycles. The third-order valence-electron chi connectivity index (χ3n) is 5.81. The molecule has 0 aliphatic carbocycles. The van der Waals surface area contributed by atoms with Gasteiger partial charge in [-0.2, -0.15) is 5.10 Å². The minimum Gasteiger partial charge on any atom is -0.492 e. The predicted octanol–water partition coefficient (Wildman–Crippen LogP) is 3.92. The summed E-state index contributed by atoms with van der Waals surface area (Å²) >= 11 is 0. The van der Waals surface area contributed by atoms with E-state index in [9.17, 15) is 9.50 Å². The Labute approximate surface area is 193 Å². The summed E-state index contributed by atoms with van der Waals surface area (Å²) in [5.74, 6) is 0.122. The number of fused-ring (bicyclic) bond motifs is 1. The van der Waals surface area contributed by atoms with Crippen molar-refractivity contribution in [2.24, 2.45) is 7.05 Å². The van der Waals surface area contributed by atoms with Gasteiger partial charge in [-0.25, -0.2) is 9.37 Å². The highest BCUT2D eigenvalue weighted by Crippen LogP contribution is 2.32. The molecule has 1 atom stereocenters. The largest absolute Gasteiger partial charge is 0.492 e. The fourth-order valence-corrected chi connectivity index (χ4v) is 4.07. The number of benzene rings is 1. The minimum atomic E-state index is -0.664. The van der Waals surface area contributed by atoms with E-state index in [1.807, 2.05) is 52.6 Å². The highest BCUT2D eigenvalue weighted by atomic mass is 19.1. The quantitative estimate of drug-likeness (QED) is 0.440. The zero-order valence-electron chi connectivity index (χ0n) is 19.7. The molecule has 0 radical (unpaired) electrons. The molecule has 0 spiro atoms. The van der Waals surface area contributed by atoms with Gasteiger partial charge in [0.25, 0.3) is 0 Å². The van der Waals surface area contributed by atoms with Gasteiger partial charge in [0, 0.05) is 54.7 Å². The second-order valence-corrected chi connectivity index (χ2v) is 8.62. The van der Waals surface area contributed by atoms with Crippen LogP contribution in [0.1, 0.15) is 35.7 Å². The van der Waals surface area contributed by atoms with Crippen LogP contribution in [-0.2, 0) is 20.0 Å². The van der Waals surface area contributed by atoms with E-state index in [0.29, 0.717) is 24.5 Å². The molecular formula is C25H30FN5O2. The van der Waals surface area contributed by atoms with E-state index in [1.54, 1.807) is 17.7 Å². The Morgan fingerprint density at radius 2 is 2.00 bits per heavy atom. The van der Waals surface area contributed by atoms with Crippen LogP contribution >= 0.6 is 0 Å². The van der Waals surface area contributed by atoms with Gasteiger partial charge < -0.3 is 19.1 Å². The van der Waals surface area contributed by atoms with Gasteiger partial charge in [-0.15, -0.1) is 0 Å². The second-order valence-electron chi connectivity index (χ2n) is 8.62. The summed E-state index contributed by atoms with van der Waals surface area (Å²) in [6, 6.07) is 8.52. The van der Waals surface area contributed by atoms with Crippen LogP contribution in [0, 0.1) is 12.7 Å². The summed E-state index contributed by atoms with van der Waals surface area (Å²) in [5.41, 5.74) is 6.24. The molecule has 0 aliphatic heterocycles. The maximum atomic E-state index is 14.1. The molecule has 0 bridgehead atoms. The summed E-state index contributed by atoms with van der Waals surface area (Å²) in [7, 11) is 5.89. The van der Waals surface area contributed by atoms with Crippen LogP contribution in [0.15, 0.2) is 42.7 Å². The van der Waals surface area contributed by atoms with Crippen LogP contribution in [0.5, 0.6) is 5.75 Å². The lowest BCUT2D eigenvalue weighted by Gasteiger charge is -2.14. The molecule has 4 rings (SSSR count). The van der Waals surface area contributed by atoms with Gasteiger partial charge in [-0.05, 0) is 52.2 Å².